The fraction of sp³-hybridized carbons (Fsp3) is 0.625. The van der Waals surface area contributed by atoms with Crippen LogP contribution in [0.25, 0.3) is 0 Å². The van der Waals surface area contributed by atoms with Gasteiger partial charge in [-0.2, -0.15) is 0 Å². The zero-order valence-electron chi connectivity index (χ0n) is 13.4. The van der Waals surface area contributed by atoms with E-state index in [1.807, 2.05) is 18.2 Å². The van der Waals surface area contributed by atoms with Crippen molar-refractivity contribution >= 4 is 0 Å². The van der Waals surface area contributed by atoms with Gasteiger partial charge in [0.2, 0.25) is 0 Å². The molecule has 1 fully saturated rings. The second kappa shape index (κ2) is 6.64. The summed E-state index contributed by atoms with van der Waals surface area (Å²) in [5, 5.41) is 0. The number of rotatable bonds is 5. The van der Waals surface area contributed by atoms with E-state index in [2.05, 4.69) is 18.7 Å². The predicted octanol–water partition coefficient (Wildman–Crippen LogP) is 1.81. The first kappa shape index (κ1) is 16.1. The fourth-order valence-electron chi connectivity index (χ4n) is 2.96. The fourth-order valence-corrected chi connectivity index (χ4v) is 2.96. The van der Waals surface area contributed by atoms with Crippen LogP contribution in [-0.2, 0) is 4.74 Å². The number of hydrogen-bond acceptors (Lipinski definition) is 5. The number of benzene rings is 1. The van der Waals surface area contributed by atoms with Crippen molar-refractivity contribution in [2.75, 3.05) is 40.5 Å². The van der Waals surface area contributed by atoms with Crippen molar-refractivity contribution in [1.82, 2.24) is 4.90 Å². The molecular formula is C16H26N2O3. The first-order chi connectivity index (χ1) is 10.0. The molecule has 1 atom stereocenters. The molecule has 1 heterocycles. The van der Waals surface area contributed by atoms with Gasteiger partial charge in [-0.1, -0.05) is 6.07 Å². The molecular weight excluding hydrogens is 268 g/mol. The number of nitrogens with zero attached hydrogens (tertiary/aromatic N) is 1. The van der Waals surface area contributed by atoms with Crippen molar-refractivity contribution in [1.29, 1.82) is 0 Å². The minimum atomic E-state index is -0.0484. The van der Waals surface area contributed by atoms with Crippen LogP contribution in [0.5, 0.6) is 11.5 Å². The highest BCUT2D eigenvalue weighted by atomic mass is 16.5. The van der Waals surface area contributed by atoms with Gasteiger partial charge in [-0.25, -0.2) is 0 Å². The maximum Gasteiger partial charge on any atom is 0.127 e. The zero-order chi connectivity index (χ0) is 15.5. The molecule has 118 valence electrons. The molecule has 1 aliphatic heterocycles. The zero-order valence-corrected chi connectivity index (χ0v) is 13.4. The molecule has 2 rings (SSSR count). The lowest BCUT2D eigenvalue weighted by Gasteiger charge is -2.46. The Labute approximate surface area is 127 Å². The Bertz CT molecular complexity index is 477. The van der Waals surface area contributed by atoms with Crippen LogP contribution >= 0.6 is 0 Å². The summed E-state index contributed by atoms with van der Waals surface area (Å²) in [7, 11) is 3.33. The maximum absolute atomic E-state index is 6.08. The summed E-state index contributed by atoms with van der Waals surface area (Å²) < 4.78 is 16.4. The lowest BCUT2D eigenvalue weighted by molar-refractivity contribution is -0.0715. The Balaban J connectivity index is 2.36. The Hall–Kier alpha value is -1.30. The first-order valence-corrected chi connectivity index (χ1v) is 7.30. The lowest BCUT2D eigenvalue weighted by atomic mass is 9.95. The van der Waals surface area contributed by atoms with Gasteiger partial charge in [0.05, 0.1) is 33.5 Å². The van der Waals surface area contributed by atoms with E-state index in [1.165, 1.54) is 0 Å². The molecule has 5 heteroatoms. The minimum absolute atomic E-state index is 0.0484. The highest BCUT2D eigenvalue weighted by Gasteiger charge is 2.36. The molecule has 1 aliphatic rings. The van der Waals surface area contributed by atoms with Crippen molar-refractivity contribution in [2.24, 2.45) is 5.73 Å². The third-order valence-electron chi connectivity index (χ3n) is 4.11. The van der Waals surface area contributed by atoms with Gasteiger partial charge in [-0.05, 0) is 19.9 Å². The van der Waals surface area contributed by atoms with Gasteiger partial charge in [0.15, 0.2) is 0 Å². The Morgan fingerprint density at radius 3 is 2.67 bits per heavy atom. The van der Waals surface area contributed by atoms with Crippen molar-refractivity contribution in [3.8, 4) is 11.5 Å². The molecule has 1 aromatic carbocycles. The van der Waals surface area contributed by atoms with E-state index in [4.69, 9.17) is 19.9 Å². The molecule has 0 spiro atoms. The Kier molecular flexibility index (Phi) is 5.08. The predicted molar refractivity (Wildman–Crippen MR) is 82.9 cm³/mol. The van der Waals surface area contributed by atoms with Gasteiger partial charge in [-0.15, -0.1) is 0 Å². The number of morpholine rings is 1. The van der Waals surface area contributed by atoms with E-state index in [1.54, 1.807) is 14.2 Å². The minimum Gasteiger partial charge on any atom is -0.497 e. The molecule has 1 aromatic rings. The maximum atomic E-state index is 6.08. The van der Waals surface area contributed by atoms with Gasteiger partial charge in [0, 0.05) is 30.3 Å². The number of ether oxygens (including phenoxy) is 3. The monoisotopic (exact) mass is 294 g/mol. The number of nitrogens with two attached hydrogens (primary N) is 1. The van der Waals surface area contributed by atoms with Crippen LogP contribution < -0.4 is 15.2 Å². The molecule has 1 unspecified atom stereocenters. The molecule has 2 N–H and O–H groups in total. The highest BCUT2D eigenvalue weighted by molar-refractivity contribution is 5.43. The van der Waals surface area contributed by atoms with E-state index in [0.29, 0.717) is 13.2 Å². The molecule has 0 saturated carbocycles. The van der Waals surface area contributed by atoms with E-state index >= 15 is 0 Å². The van der Waals surface area contributed by atoms with E-state index in [-0.39, 0.29) is 11.6 Å². The lowest BCUT2D eigenvalue weighted by Crippen LogP contribution is -2.55. The summed E-state index contributed by atoms with van der Waals surface area (Å²) in [5.41, 5.74) is 7.13. The third-order valence-corrected chi connectivity index (χ3v) is 4.11. The highest BCUT2D eigenvalue weighted by Crippen LogP contribution is 2.36. The van der Waals surface area contributed by atoms with E-state index in [9.17, 15) is 0 Å². The van der Waals surface area contributed by atoms with Crippen molar-refractivity contribution < 1.29 is 14.2 Å². The summed E-state index contributed by atoms with van der Waals surface area (Å²) in [5.74, 6) is 1.60. The van der Waals surface area contributed by atoms with Crippen LogP contribution in [0.2, 0.25) is 0 Å². The van der Waals surface area contributed by atoms with Crippen molar-refractivity contribution in [2.45, 2.75) is 25.4 Å². The molecule has 0 aliphatic carbocycles. The van der Waals surface area contributed by atoms with Crippen LogP contribution in [0.15, 0.2) is 18.2 Å². The third kappa shape index (κ3) is 3.31. The summed E-state index contributed by atoms with van der Waals surface area (Å²) in [4.78, 5) is 2.40. The second-order valence-electron chi connectivity index (χ2n) is 5.92. The average molecular weight is 294 g/mol. The standard InChI is InChI=1S/C16H26N2O3/c1-16(2)11-21-8-7-18(16)14(10-17)13-6-5-12(19-3)9-15(13)20-4/h5-6,9,14H,7-8,10-11,17H2,1-4H3. The van der Waals surface area contributed by atoms with E-state index < -0.39 is 0 Å². The molecule has 5 nitrogen and oxygen atoms in total. The van der Waals surface area contributed by atoms with Crippen LogP contribution in [0.3, 0.4) is 0 Å². The normalized spacial score (nSPS) is 20.0. The summed E-state index contributed by atoms with van der Waals surface area (Å²) in [6.07, 6.45) is 0. The molecule has 1 saturated heterocycles. The largest absolute Gasteiger partial charge is 0.497 e. The van der Waals surface area contributed by atoms with Gasteiger partial charge in [-0.3, -0.25) is 4.90 Å². The van der Waals surface area contributed by atoms with Gasteiger partial charge in [0.1, 0.15) is 11.5 Å². The first-order valence-electron chi connectivity index (χ1n) is 7.30. The summed E-state index contributed by atoms with van der Waals surface area (Å²) in [6.45, 7) is 7.21. The summed E-state index contributed by atoms with van der Waals surface area (Å²) >= 11 is 0. The molecule has 0 aromatic heterocycles. The van der Waals surface area contributed by atoms with Crippen molar-refractivity contribution in [3.05, 3.63) is 23.8 Å². The van der Waals surface area contributed by atoms with Gasteiger partial charge >= 0.3 is 0 Å². The van der Waals surface area contributed by atoms with Crippen LogP contribution in [0.4, 0.5) is 0 Å². The quantitative estimate of drug-likeness (QED) is 0.897. The van der Waals surface area contributed by atoms with Crippen LogP contribution in [0.1, 0.15) is 25.5 Å². The summed E-state index contributed by atoms with van der Waals surface area (Å²) in [6, 6.07) is 6.00. The smallest absolute Gasteiger partial charge is 0.127 e. The van der Waals surface area contributed by atoms with Gasteiger partial charge in [0.25, 0.3) is 0 Å². The number of hydrogen-bond donors (Lipinski definition) is 1. The topological polar surface area (TPSA) is 57.0 Å². The van der Waals surface area contributed by atoms with Gasteiger partial charge < -0.3 is 19.9 Å². The molecule has 0 bridgehead atoms. The molecule has 0 radical (unpaired) electrons. The number of methoxy groups -OCH3 is 2. The molecule has 21 heavy (non-hydrogen) atoms. The average Bonchev–Trinajstić information content (AvgIpc) is 2.49. The van der Waals surface area contributed by atoms with Crippen molar-refractivity contribution in [3.63, 3.8) is 0 Å². The van der Waals surface area contributed by atoms with Crippen LogP contribution in [0, 0.1) is 0 Å². The van der Waals surface area contributed by atoms with Crippen LogP contribution in [-0.4, -0.2) is 51.0 Å². The van der Waals surface area contributed by atoms with E-state index in [0.717, 1.165) is 30.2 Å². The Morgan fingerprint density at radius 2 is 2.10 bits per heavy atom. The second-order valence-corrected chi connectivity index (χ2v) is 5.92. The Morgan fingerprint density at radius 1 is 1.33 bits per heavy atom. The SMILES string of the molecule is COc1ccc(C(CN)N2CCOCC2(C)C)c(OC)c1. The molecule has 0 amide bonds.